The van der Waals surface area contributed by atoms with Crippen molar-refractivity contribution in [3.8, 4) is 28.4 Å². The van der Waals surface area contributed by atoms with E-state index in [4.69, 9.17) is 28.9 Å². The number of aromatic hydroxyl groups is 1. The first-order valence-electron chi connectivity index (χ1n) is 10.6. The number of alkyl halides is 2. The molecule has 1 aliphatic rings. The van der Waals surface area contributed by atoms with Crippen LogP contribution in [0.3, 0.4) is 0 Å². The van der Waals surface area contributed by atoms with Crippen LogP contribution in [0.4, 0.5) is 14.5 Å². The zero-order valence-electron chi connectivity index (χ0n) is 19.1. The highest BCUT2D eigenvalue weighted by molar-refractivity contribution is 6.34. The van der Waals surface area contributed by atoms with Gasteiger partial charge in [-0.15, -0.1) is 8.78 Å². The van der Waals surface area contributed by atoms with E-state index in [1.54, 1.807) is 0 Å². The lowest BCUT2D eigenvalue weighted by Gasteiger charge is -2.09. The van der Waals surface area contributed by atoms with Crippen molar-refractivity contribution in [1.82, 2.24) is 14.1 Å². The second kappa shape index (κ2) is 8.89. The fourth-order valence-corrected chi connectivity index (χ4v) is 4.38. The zero-order chi connectivity index (χ0) is 27.5. The number of ether oxygens (including phenoxy) is 2. The molecule has 4 N–H and O–H groups in total. The molecule has 0 fully saturated rings. The summed E-state index contributed by atoms with van der Waals surface area (Å²) in [6.07, 6.45) is -1.16. The van der Waals surface area contributed by atoms with Gasteiger partial charge in [-0.2, -0.15) is 0 Å². The molecule has 0 bridgehead atoms. The summed E-state index contributed by atoms with van der Waals surface area (Å²) in [7, 11) is 1.48. The van der Waals surface area contributed by atoms with Crippen LogP contribution < -0.4 is 26.1 Å². The minimum absolute atomic E-state index is 0.0197. The number of hydrogen-bond acceptors (Lipinski definition) is 7. The molecule has 0 spiro atoms. The van der Waals surface area contributed by atoms with Crippen LogP contribution >= 0.6 is 23.2 Å². The van der Waals surface area contributed by atoms with E-state index in [2.05, 4.69) is 19.8 Å². The van der Waals surface area contributed by atoms with Crippen molar-refractivity contribution in [2.75, 3.05) is 5.32 Å². The van der Waals surface area contributed by atoms with E-state index < -0.39 is 29.4 Å². The number of aromatic nitrogens is 3. The van der Waals surface area contributed by atoms with Crippen LogP contribution in [0.5, 0.6) is 17.2 Å². The Kier molecular flexibility index (Phi) is 5.92. The maximum absolute atomic E-state index is 13.4. The van der Waals surface area contributed by atoms with Crippen LogP contribution in [0.1, 0.15) is 10.4 Å². The number of nitrogens with two attached hydrogens (primary N) is 1. The van der Waals surface area contributed by atoms with Gasteiger partial charge < -0.3 is 34.8 Å². The van der Waals surface area contributed by atoms with Crippen molar-refractivity contribution in [3.05, 3.63) is 62.8 Å². The second-order valence-electron chi connectivity index (χ2n) is 8.24. The summed E-state index contributed by atoms with van der Waals surface area (Å²) in [6, 6.07) is 4.76. The van der Waals surface area contributed by atoms with Crippen LogP contribution in [0.2, 0.25) is 10.0 Å². The highest BCUT2D eigenvalue weighted by Gasteiger charge is 2.44. The number of carbonyl (C=O) groups excluding carboxylic acids is 2. The lowest BCUT2D eigenvalue weighted by molar-refractivity contribution is -0.286. The molecule has 3 heterocycles. The van der Waals surface area contributed by atoms with Crippen LogP contribution in [0.25, 0.3) is 22.2 Å². The number of benzene rings is 2. The van der Waals surface area contributed by atoms with Gasteiger partial charge in [0.05, 0.1) is 33.0 Å². The maximum Gasteiger partial charge on any atom is 0.586 e. The highest BCUT2D eigenvalue weighted by Crippen LogP contribution is 2.45. The minimum Gasteiger partial charge on any atom is -0.506 e. The zero-order valence-corrected chi connectivity index (χ0v) is 20.6. The summed E-state index contributed by atoms with van der Waals surface area (Å²) in [5, 5.41) is 12.4. The predicted molar refractivity (Wildman–Crippen MR) is 132 cm³/mol. The van der Waals surface area contributed by atoms with Crippen molar-refractivity contribution in [2.24, 2.45) is 12.8 Å². The Balaban J connectivity index is 1.53. The molecular weight excluding hydrogens is 551 g/mol. The van der Waals surface area contributed by atoms with Gasteiger partial charge in [-0.25, -0.2) is 4.98 Å². The van der Waals surface area contributed by atoms with Crippen LogP contribution in [0.15, 0.2) is 41.6 Å². The van der Waals surface area contributed by atoms with Crippen molar-refractivity contribution in [1.29, 1.82) is 0 Å². The first-order valence-corrected chi connectivity index (χ1v) is 11.4. The lowest BCUT2D eigenvalue weighted by atomic mass is 10.0. The van der Waals surface area contributed by atoms with Gasteiger partial charge in [0, 0.05) is 30.9 Å². The molecule has 15 heteroatoms. The van der Waals surface area contributed by atoms with Crippen LogP contribution in [-0.2, 0) is 18.4 Å². The standard InChI is InChI=1S/C23H15Cl2F2N5O6/c1-31-8-29-21-18(22(31)36)11(9-2-10(20(28)35)19(34)13(25)3-9)6-32(21)7-17(33)30-14-5-16-15(4-12(14)24)37-23(26,27)38-16/h2-6,8,34H,7H2,1H3,(H2,28,35)(H,30,33). The van der Waals surface area contributed by atoms with Gasteiger partial charge >= 0.3 is 6.29 Å². The maximum atomic E-state index is 13.4. The van der Waals surface area contributed by atoms with Crippen molar-refractivity contribution < 1.29 is 33.0 Å². The van der Waals surface area contributed by atoms with Gasteiger partial charge in [0.2, 0.25) is 5.91 Å². The Labute approximate surface area is 220 Å². The molecule has 0 radical (unpaired) electrons. The third-order valence-electron chi connectivity index (χ3n) is 5.66. The molecular formula is C23H15Cl2F2N5O6. The molecule has 38 heavy (non-hydrogen) atoms. The van der Waals surface area contributed by atoms with Gasteiger partial charge in [-0.3, -0.25) is 14.4 Å². The lowest BCUT2D eigenvalue weighted by Crippen LogP contribution is -2.25. The molecule has 0 atom stereocenters. The van der Waals surface area contributed by atoms with E-state index in [0.29, 0.717) is 0 Å². The van der Waals surface area contributed by atoms with E-state index in [-0.39, 0.29) is 61.5 Å². The first kappa shape index (κ1) is 25.3. The molecule has 0 aliphatic carbocycles. The van der Waals surface area contributed by atoms with Crippen molar-refractivity contribution in [2.45, 2.75) is 12.8 Å². The third-order valence-corrected chi connectivity index (χ3v) is 6.26. The number of amides is 2. The summed E-state index contributed by atoms with van der Waals surface area (Å²) >= 11 is 12.2. The van der Waals surface area contributed by atoms with Crippen LogP contribution in [0, 0.1) is 0 Å². The van der Waals surface area contributed by atoms with E-state index >= 15 is 0 Å². The smallest absolute Gasteiger partial charge is 0.506 e. The molecule has 4 aromatic rings. The number of phenols is 1. The monoisotopic (exact) mass is 565 g/mol. The Morgan fingerprint density at radius 1 is 1.16 bits per heavy atom. The average Bonchev–Trinajstić information content (AvgIpc) is 3.33. The summed E-state index contributed by atoms with van der Waals surface area (Å²) in [4.78, 5) is 42.0. The number of rotatable bonds is 5. The van der Waals surface area contributed by atoms with Gasteiger partial charge in [-0.05, 0) is 17.7 Å². The first-order chi connectivity index (χ1) is 17.8. The SMILES string of the molecule is Cn1cnc2c(c(-c3cc(Cl)c(O)c(C(N)=O)c3)cn2CC(=O)Nc2cc3c(cc2Cl)OC(F)(F)O3)c1=O. The number of halogens is 4. The Bertz CT molecular complexity index is 1740. The number of nitrogens with one attached hydrogen (secondary N) is 1. The largest absolute Gasteiger partial charge is 0.586 e. The summed E-state index contributed by atoms with van der Waals surface area (Å²) < 4.78 is 38.0. The normalized spacial score (nSPS) is 13.6. The van der Waals surface area contributed by atoms with Gasteiger partial charge in [0.1, 0.15) is 17.9 Å². The molecule has 0 unspecified atom stereocenters. The number of aryl methyl sites for hydroxylation is 1. The molecule has 196 valence electrons. The topological polar surface area (TPSA) is 151 Å². The van der Waals surface area contributed by atoms with Crippen molar-refractivity contribution in [3.63, 3.8) is 0 Å². The number of nitrogens with zero attached hydrogens (tertiary/aromatic N) is 3. The van der Waals surface area contributed by atoms with E-state index in [9.17, 15) is 28.3 Å². The molecule has 2 aromatic heterocycles. The van der Waals surface area contributed by atoms with Gasteiger partial charge in [0.15, 0.2) is 11.5 Å². The summed E-state index contributed by atoms with van der Waals surface area (Å²) in [5.74, 6) is -2.72. The minimum atomic E-state index is -3.86. The number of hydrogen-bond donors (Lipinski definition) is 3. The number of anilines is 1. The molecule has 0 saturated heterocycles. The Morgan fingerprint density at radius 2 is 1.84 bits per heavy atom. The van der Waals surface area contributed by atoms with E-state index in [1.807, 2.05) is 0 Å². The van der Waals surface area contributed by atoms with Crippen LogP contribution in [-0.4, -0.2) is 37.3 Å². The Hall–Kier alpha value is -4.36. The number of carbonyl (C=O) groups is 2. The molecule has 1 aliphatic heterocycles. The summed E-state index contributed by atoms with van der Waals surface area (Å²) in [6.45, 7) is -0.383. The third kappa shape index (κ3) is 4.35. The second-order valence-corrected chi connectivity index (χ2v) is 9.06. The highest BCUT2D eigenvalue weighted by atomic mass is 35.5. The molecule has 5 rings (SSSR count). The number of primary amides is 1. The molecule has 11 nitrogen and oxygen atoms in total. The molecule has 0 saturated carbocycles. The summed E-state index contributed by atoms with van der Waals surface area (Å²) in [5.41, 5.74) is 5.23. The molecule has 2 aromatic carbocycles. The van der Waals surface area contributed by atoms with Crippen molar-refractivity contribution >= 4 is 51.7 Å². The average molecular weight is 566 g/mol. The quantitative estimate of drug-likeness (QED) is 0.335. The van der Waals surface area contributed by atoms with Gasteiger partial charge in [-0.1, -0.05) is 23.2 Å². The van der Waals surface area contributed by atoms with Gasteiger partial charge in [0.25, 0.3) is 11.5 Å². The fraction of sp³-hybridized carbons (Fsp3) is 0.130. The molecule has 2 amide bonds. The predicted octanol–water partition coefficient (Wildman–Crippen LogP) is 3.47. The van der Waals surface area contributed by atoms with E-state index in [0.717, 1.165) is 12.1 Å². The van der Waals surface area contributed by atoms with E-state index in [1.165, 1.54) is 40.8 Å². The fourth-order valence-electron chi connectivity index (χ4n) is 3.96. The Morgan fingerprint density at radius 3 is 2.53 bits per heavy atom. The number of fused-ring (bicyclic) bond motifs is 2.